The largest absolute Gasteiger partial charge is 0.484 e. The summed E-state index contributed by atoms with van der Waals surface area (Å²) in [5, 5.41) is 0. The van der Waals surface area contributed by atoms with Crippen LogP contribution in [0.25, 0.3) is 0 Å². The van der Waals surface area contributed by atoms with Crippen LogP contribution in [-0.2, 0) is 0 Å². The first kappa shape index (κ1) is 11.9. The van der Waals surface area contributed by atoms with E-state index in [9.17, 15) is 4.79 Å². The topological polar surface area (TPSA) is 55.6 Å². The Balaban J connectivity index is 2.40. The number of ketones is 1. The van der Waals surface area contributed by atoms with Crippen LogP contribution in [0, 0.1) is 0 Å². The number of fused-ring (bicyclic) bond motifs is 1. The highest BCUT2D eigenvalue weighted by Gasteiger charge is 2.30. The van der Waals surface area contributed by atoms with Crippen LogP contribution in [0.3, 0.4) is 0 Å². The molecule has 0 saturated heterocycles. The molecule has 17 heavy (non-hydrogen) atoms. The molecule has 2 N–H and O–H groups in total. The van der Waals surface area contributed by atoms with Crippen molar-refractivity contribution in [3.8, 4) is 5.75 Å². The molecule has 0 unspecified atom stereocenters. The van der Waals surface area contributed by atoms with Crippen molar-refractivity contribution in [2.24, 2.45) is 5.73 Å². The van der Waals surface area contributed by atoms with Gasteiger partial charge >= 0.3 is 0 Å². The Bertz CT molecular complexity index is 455. The number of Topliss-reactive ketones (excluding diaryl/α,β-unsaturated/α-hetero) is 1. The number of ether oxygens (including phenoxy) is 1. The number of anilines is 1. The fourth-order valence-corrected chi connectivity index (χ4v) is 2.18. The molecule has 2 rings (SSSR count). The minimum atomic E-state index is -0.207. The molecule has 0 fully saturated rings. The first-order valence-electron chi connectivity index (χ1n) is 5.70. The molecule has 0 amide bonds. The monoisotopic (exact) mass is 234 g/mol. The maximum Gasteiger partial charge on any atom is 0.176 e. The van der Waals surface area contributed by atoms with Crippen molar-refractivity contribution in [3.05, 3.63) is 23.8 Å². The molecular formula is C13H18N2O2. The number of likely N-dealkylation sites (N-methyl/N-ethyl adjacent to an activating group) is 1. The Morgan fingerprint density at radius 3 is 2.88 bits per heavy atom. The molecule has 1 heterocycles. The summed E-state index contributed by atoms with van der Waals surface area (Å²) < 4.78 is 5.87. The second-order valence-corrected chi connectivity index (χ2v) is 5.03. The second kappa shape index (κ2) is 4.04. The molecule has 0 aliphatic carbocycles. The average Bonchev–Trinajstić information content (AvgIpc) is 2.26. The van der Waals surface area contributed by atoms with E-state index < -0.39 is 0 Å². The van der Waals surface area contributed by atoms with Gasteiger partial charge in [-0.1, -0.05) is 0 Å². The van der Waals surface area contributed by atoms with E-state index in [0.29, 0.717) is 5.56 Å². The zero-order valence-electron chi connectivity index (χ0n) is 10.5. The van der Waals surface area contributed by atoms with Gasteiger partial charge in [0.2, 0.25) is 0 Å². The van der Waals surface area contributed by atoms with Crippen LogP contribution < -0.4 is 15.4 Å². The molecule has 0 spiro atoms. The minimum absolute atomic E-state index is 0.0366. The molecule has 92 valence electrons. The van der Waals surface area contributed by atoms with E-state index in [0.717, 1.165) is 18.0 Å². The number of benzene rings is 1. The van der Waals surface area contributed by atoms with E-state index >= 15 is 0 Å². The summed E-state index contributed by atoms with van der Waals surface area (Å²) in [6, 6.07) is 5.46. The summed E-state index contributed by atoms with van der Waals surface area (Å²) >= 11 is 0. The minimum Gasteiger partial charge on any atom is -0.484 e. The number of nitrogens with two attached hydrogens (primary N) is 1. The smallest absolute Gasteiger partial charge is 0.176 e. The average molecular weight is 234 g/mol. The van der Waals surface area contributed by atoms with Gasteiger partial charge < -0.3 is 15.4 Å². The lowest BCUT2D eigenvalue weighted by Gasteiger charge is -2.39. The summed E-state index contributed by atoms with van der Waals surface area (Å²) in [4.78, 5) is 13.7. The number of rotatable bonds is 2. The van der Waals surface area contributed by atoms with Gasteiger partial charge in [0.05, 0.1) is 18.8 Å². The molecule has 0 bridgehead atoms. The van der Waals surface area contributed by atoms with Crippen molar-refractivity contribution >= 4 is 11.5 Å². The van der Waals surface area contributed by atoms with Gasteiger partial charge in [0.25, 0.3) is 0 Å². The first-order valence-corrected chi connectivity index (χ1v) is 5.70. The molecule has 1 aromatic rings. The van der Waals surface area contributed by atoms with Gasteiger partial charge in [0.15, 0.2) is 5.78 Å². The number of carbonyl (C=O) groups excluding carboxylic acids is 1. The molecule has 1 aliphatic rings. The quantitative estimate of drug-likeness (QED) is 0.787. The van der Waals surface area contributed by atoms with Crippen LogP contribution in [-0.4, -0.2) is 31.5 Å². The Hall–Kier alpha value is -1.55. The van der Waals surface area contributed by atoms with Crippen LogP contribution in [0.15, 0.2) is 18.2 Å². The fourth-order valence-electron chi connectivity index (χ4n) is 2.18. The zero-order chi connectivity index (χ0) is 12.6. The molecule has 4 nitrogen and oxygen atoms in total. The van der Waals surface area contributed by atoms with Gasteiger partial charge in [-0.05, 0) is 32.0 Å². The molecule has 0 atom stereocenters. The maximum atomic E-state index is 11.5. The van der Waals surface area contributed by atoms with Crippen LogP contribution in [0.1, 0.15) is 24.2 Å². The Labute approximate surface area is 101 Å². The molecule has 0 saturated carbocycles. The third-order valence-corrected chi connectivity index (χ3v) is 2.88. The van der Waals surface area contributed by atoms with Crippen molar-refractivity contribution in [1.29, 1.82) is 0 Å². The third kappa shape index (κ3) is 2.26. The van der Waals surface area contributed by atoms with Gasteiger partial charge in [-0.3, -0.25) is 4.79 Å². The van der Waals surface area contributed by atoms with Crippen molar-refractivity contribution in [2.45, 2.75) is 19.4 Å². The van der Waals surface area contributed by atoms with E-state index in [4.69, 9.17) is 10.5 Å². The number of hydrogen-bond acceptors (Lipinski definition) is 4. The normalized spacial score (nSPS) is 17.3. The summed E-state index contributed by atoms with van der Waals surface area (Å²) in [5.41, 5.74) is 6.74. The summed E-state index contributed by atoms with van der Waals surface area (Å²) in [5.74, 6) is 0.767. The van der Waals surface area contributed by atoms with Crippen LogP contribution in [0.4, 0.5) is 5.69 Å². The van der Waals surface area contributed by atoms with E-state index in [1.54, 1.807) is 6.07 Å². The van der Waals surface area contributed by atoms with Crippen LogP contribution >= 0.6 is 0 Å². The standard InChI is InChI=1S/C13H18N2O2/c1-13(2)8-15(3)10-6-9(11(16)7-14)4-5-12(10)17-13/h4-6H,7-8,14H2,1-3H3. The van der Waals surface area contributed by atoms with Crippen molar-refractivity contribution in [2.75, 3.05) is 25.0 Å². The van der Waals surface area contributed by atoms with Crippen molar-refractivity contribution < 1.29 is 9.53 Å². The molecule has 1 aliphatic heterocycles. The second-order valence-electron chi connectivity index (χ2n) is 5.03. The van der Waals surface area contributed by atoms with E-state index in [1.165, 1.54) is 0 Å². The summed E-state index contributed by atoms with van der Waals surface area (Å²) in [6.45, 7) is 4.92. The maximum absolute atomic E-state index is 11.5. The lowest BCUT2D eigenvalue weighted by molar-refractivity contribution is 0.1000. The highest BCUT2D eigenvalue weighted by Crippen LogP contribution is 2.36. The van der Waals surface area contributed by atoms with Gasteiger partial charge in [-0.2, -0.15) is 0 Å². The Morgan fingerprint density at radius 2 is 2.24 bits per heavy atom. The Kier molecular flexibility index (Phi) is 2.83. The number of nitrogens with zero attached hydrogens (tertiary/aromatic N) is 1. The predicted octanol–water partition coefficient (Wildman–Crippen LogP) is 1.44. The van der Waals surface area contributed by atoms with Gasteiger partial charge in [-0.25, -0.2) is 0 Å². The highest BCUT2D eigenvalue weighted by molar-refractivity contribution is 5.98. The lowest BCUT2D eigenvalue weighted by Crippen LogP contribution is -2.45. The SMILES string of the molecule is CN1CC(C)(C)Oc2ccc(C(=O)CN)cc21. The lowest BCUT2D eigenvalue weighted by atomic mass is 10.0. The van der Waals surface area contributed by atoms with Crippen LogP contribution in [0.2, 0.25) is 0 Å². The molecule has 1 aromatic carbocycles. The van der Waals surface area contributed by atoms with E-state index in [-0.39, 0.29) is 17.9 Å². The first-order chi connectivity index (χ1) is 7.93. The van der Waals surface area contributed by atoms with Crippen molar-refractivity contribution in [1.82, 2.24) is 0 Å². The number of carbonyl (C=O) groups is 1. The van der Waals surface area contributed by atoms with Crippen LogP contribution in [0.5, 0.6) is 5.75 Å². The summed E-state index contributed by atoms with van der Waals surface area (Å²) in [6.07, 6.45) is 0. The molecule has 4 heteroatoms. The molecular weight excluding hydrogens is 216 g/mol. The highest BCUT2D eigenvalue weighted by atomic mass is 16.5. The third-order valence-electron chi connectivity index (χ3n) is 2.88. The van der Waals surface area contributed by atoms with Gasteiger partial charge in [0.1, 0.15) is 11.4 Å². The molecule has 0 radical (unpaired) electrons. The fraction of sp³-hybridized carbons (Fsp3) is 0.462. The zero-order valence-corrected chi connectivity index (χ0v) is 10.5. The van der Waals surface area contributed by atoms with E-state index in [2.05, 4.69) is 4.90 Å². The van der Waals surface area contributed by atoms with E-state index in [1.807, 2.05) is 33.0 Å². The van der Waals surface area contributed by atoms with Gasteiger partial charge in [0, 0.05) is 12.6 Å². The summed E-state index contributed by atoms with van der Waals surface area (Å²) in [7, 11) is 2.00. The molecule has 0 aromatic heterocycles. The number of hydrogen-bond donors (Lipinski definition) is 1. The van der Waals surface area contributed by atoms with Gasteiger partial charge in [-0.15, -0.1) is 0 Å². The predicted molar refractivity (Wildman–Crippen MR) is 67.8 cm³/mol. The Morgan fingerprint density at radius 1 is 1.53 bits per heavy atom. The van der Waals surface area contributed by atoms with Crippen molar-refractivity contribution in [3.63, 3.8) is 0 Å².